The molecule has 1 aliphatic heterocycles. The summed E-state index contributed by atoms with van der Waals surface area (Å²) in [6, 6.07) is 5.88. The van der Waals surface area contributed by atoms with E-state index in [0.717, 1.165) is 49.2 Å². The van der Waals surface area contributed by atoms with Crippen molar-refractivity contribution in [2.24, 2.45) is 23.7 Å². The highest BCUT2D eigenvalue weighted by Gasteiger charge is 2.38. The Bertz CT molecular complexity index is 1650. The number of hydrogen-bond acceptors (Lipinski definition) is 11. The largest absolute Gasteiger partial charge is 0.508 e. The molecule has 1 unspecified atom stereocenters. The monoisotopic (exact) mass is 856 g/mol. The van der Waals surface area contributed by atoms with Crippen molar-refractivity contribution in [2.75, 3.05) is 40.1 Å². The van der Waals surface area contributed by atoms with E-state index in [1.165, 1.54) is 11.3 Å². The first-order valence-corrected chi connectivity index (χ1v) is 23.1. The van der Waals surface area contributed by atoms with Crippen LogP contribution in [0, 0.1) is 23.7 Å². The summed E-state index contributed by atoms with van der Waals surface area (Å²) in [6.45, 7) is 17.7. The van der Waals surface area contributed by atoms with Gasteiger partial charge in [-0.3, -0.25) is 28.9 Å². The number of hydrogen-bond donors (Lipinski definition) is 3. The average Bonchev–Trinajstić information content (AvgIpc) is 3.73. The predicted octanol–water partition coefficient (Wildman–Crippen LogP) is 7.12. The number of likely N-dealkylation sites (N-methyl/N-ethyl adjacent to an activating group) is 1. The zero-order valence-corrected chi connectivity index (χ0v) is 38.5. The van der Waals surface area contributed by atoms with E-state index in [-0.39, 0.29) is 97.5 Å². The molecule has 60 heavy (non-hydrogen) atoms. The predicted molar refractivity (Wildman–Crippen MR) is 236 cm³/mol. The number of likely N-dealkylation sites (tertiary alicyclic amines) is 1. The Morgan fingerprint density at radius 1 is 0.983 bits per heavy atom. The number of nitrogens with one attached hydrogen (secondary N) is 2. The third-order valence-electron chi connectivity index (χ3n) is 11.7. The third kappa shape index (κ3) is 15.9. The highest BCUT2D eigenvalue weighted by molar-refractivity contribution is 7.09. The first-order valence-electron chi connectivity index (χ1n) is 22.2. The quantitative estimate of drug-likeness (QED) is 0.0504. The van der Waals surface area contributed by atoms with E-state index < -0.39 is 23.8 Å². The number of aromatic hydroxyl groups is 1. The van der Waals surface area contributed by atoms with Crippen LogP contribution in [-0.4, -0.2) is 108 Å². The molecule has 13 nitrogen and oxygen atoms in total. The lowest BCUT2D eigenvalue weighted by Gasteiger charge is -2.39. The number of amides is 3. The van der Waals surface area contributed by atoms with Crippen molar-refractivity contribution in [1.82, 2.24) is 25.4 Å². The standard InChI is InChI=1S/C46H73N5O8S/c1-10-21-58-29-51(46(57)37(31(6)12-3)26-41(53)39-15-13-14-20-50(39)9)40(30(4)5)24-33(8)45-49-38(28-60-45)44(56)48-35(25-34-16-18-36(52)19-17-34)23-32(7)43(55)47-27-42(54)59-22-11-2/h16-19,28,30-33,35,37,39-40,52H,10-15,20-27,29H2,1-9H3,(H,47,55)(H,48,56)/t31?,32-,33+,35+,37-,39+,40+/m0/s1. The van der Waals surface area contributed by atoms with Crippen molar-refractivity contribution in [2.45, 2.75) is 144 Å². The Morgan fingerprint density at radius 3 is 2.32 bits per heavy atom. The summed E-state index contributed by atoms with van der Waals surface area (Å²) < 4.78 is 11.1. The number of aromatic nitrogens is 1. The van der Waals surface area contributed by atoms with Crippen molar-refractivity contribution in [3.05, 3.63) is 45.9 Å². The number of nitrogens with zero attached hydrogens (tertiary/aromatic N) is 3. The number of esters is 1. The maximum Gasteiger partial charge on any atom is 0.325 e. The summed E-state index contributed by atoms with van der Waals surface area (Å²) in [5.41, 5.74) is 1.13. The molecule has 1 saturated heterocycles. The molecule has 1 aliphatic rings. The summed E-state index contributed by atoms with van der Waals surface area (Å²) in [4.78, 5) is 76.0. The van der Waals surface area contributed by atoms with Crippen molar-refractivity contribution < 1.29 is 38.6 Å². The normalized spacial score (nSPS) is 17.5. The number of carbonyl (C=O) groups is 5. The molecule has 3 N–H and O–H groups in total. The molecule has 2 heterocycles. The Labute approximate surface area is 362 Å². The van der Waals surface area contributed by atoms with E-state index in [0.29, 0.717) is 25.9 Å². The van der Waals surface area contributed by atoms with E-state index >= 15 is 0 Å². The van der Waals surface area contributed by atoms with Crippen LogP contribution in [0.1, 0.15) is 140 Å². The molecule has 0 saturated carbocycles. The molecule has 0 aliphatic carbocycles. The molecule has 1 fully saturated rings. The van der Waals surface area contributed by atoms with Gasteiger partial charge in [-0.15, -0.1) is 11.3 Å². The number of ketones is 1. The highest BCUT2D eigenvalue weighted by atomic mass is 32.1. The van der Waals surface area contributed by atoms with Crippen molar-refractivity contribution >= 4 is 40.8 Å². The van der Waals surface area contributed by atoms with Crippen LogP contribution in [0.3, 0.4) is 0 Å². The van der Waals surface area contributed by atoms with Gasteiger partial charge in [0.05, 0.1) is 17.7 Å². The van der Waals surface area contributed by atoms with E-state index in [2.05, 4.69) is 50.2 Å². The first kappa shape index (κ1) is 50.5. The van der Waals surface area contributed by atoms with Gasteiger partial charge in [-0.25, -0.2) is 4.98 Å². The van der Waals surface area contributed by atoms with Gasteiger partial charge in [-0.1, -0.05) is 80.4 Å². The maximum atomic E-state index is 14.7. The number of Topliss-reactive ketones (excluding diaryl/α,β-unsaturated/α-hetero) is 1. The van der Waals surface area contributed by atoms with Gasteiger partial charge in [0.1, 0.15) is 24.7 Å². The first-order chi connectivity index (χ1) is 28.6. The van der Waals surface area contributed by atoms with Gasteiger partial charge in [0.25, 0.3) is 5.91 Å². The maximum absolute atomic E-state index is 14.7. The molecule has 0 radical (unpaired) electrons. The van der Waals surface area contributed by atoms with Crippen LogP contribution in [-0.2, 0) is 35.1 Å². The van der Waals surface area contributed by atoms with Gasteiger partial charge >= 0.3 is 5.97 Å². The average molecular weight is 856 g/mol. The number of rotatable bonds is 26. The molecular formula is C46H73N5O8S. The number of piperidine rings is 1. The molecule has 2 aromatic rings. The van der Waals surface area contributed by atoms with E-state index in [4.69, 9.17) is 14.5 Å². The molecule has 7 atom stereocenters. The molecule has 3 rings (SSSR count). The zero-order chi connectivity index (χ0) is 44.4. The molecule has 1 aromatic heterocycles. The fourth-order valence-electron chi connectivity index (χ4n) is 7.84. The fourth-order valence-corrected chi connectivity index (χ4v) is 8.71. The van der Waals surface area contributed by atoms with Crippen LogP contribution in [0.5, 0.6) is 5.75 Å². The van der Waals surface area contributed by atoms with Crippen LogP contribution < -0.4 is 10.6 Å². The second-order valence-corrected chi connectivity index (χ2v) is 18.0. The van der Waals surface area contributed by atoms with Gasteiger partial charge < -0.3 is 30.1 Å². The van der Waals surface area contributed by atoms with Crippen molar-refractivity contribution in [3.63, 3.8) is 0 Å². The summed E-state index contributed by atoms with van der Waals surface area (Å²) in [6.07, 6.45) is 6.68. The zero-order valence-electron chi connectivity index (χ0n) is 37.7. The van der Waals surface area contributed by atoms with Crippen LogP contribution in [0.2, 0.25) is 0 Å². The minimum atomic E-state index is -0.538. The number of benzene rings is 1. The lowest BCUT2D eigenvalue weighted by Crippen LogP contribution is -2.50. The van der Waals surface area contributed by atoms with Gasteiger partial charge in [0, 0.05) is 48.2 Å². The summed E-state index contributed by atoms with van der Waals surface area (Å²) in [5.74, 6) is -2.01. The number of thiazole rings is 1. The van der Waals surface area contributed by atoms with Crippen LogP contribution in [0.25, 0.3) is 0 Å². The Hall–Kier alpha value is -3.88. The Balaban J connectivity index is 1.79. The molecule has 14 heteroatoms. The molecule has 0 spiro atoms. The second-order valence-electron chi connectivity index (χ2n) is 17.1. The SMILES string of the molecule is CCCOCN(C(=O)[C@@H](CC(=O)[C@H]1CCCCN1C)C(C)CC)[C@H](C[C@@H](C)c1nc(C(=O)N[C@@H](Cc2ccc(O)cc2)C[C@H](C)C(=O)NCC(=O)OCCC)cs1)C(C)C. The third-order valence-corrected chi connectivity index (χ3v) is 12.8. The fraction of sp³-hybridized carbons (Fsp3) is 0.696. The molecule has 3 amide bonds. The van der Waals surface area contributed by atoms with Crippen molar-refractivity contribution in [3.8, 4) is 5.75 Å². The Morgan fingerprint density at radius 2 is 1.68 bits per heavy atom. The summed E-state index contributed by atoms with van der Waals surface area (Å²) in [7, 11) is 2.01. The lowest BCUT2D eigenvalue weighted by molar-refractivity contribution is -0.150. The molecular weight excluding hydrogens is 783 g/mol. The van der Waals surface area contributed by atoms with Gasteiger partial charge in [-0.05, 0) is 88.1 Å². The summed E-state index contributed by atoms with van der Waals surface area (Å²) >= 11 is 1.40. The molecule has 1 aromatic carbocycles. The topological polar surface area (TPSA) is 167 Å². The molecule has 336 valence electrons. The second kappa shape index (κ2) is 25.8. The van der Waals surface area contributed by atoms with Crippen LogP contribution in [0.4, 0.5) is 0 Å². The minimum Gasteiger partial charge on any atom is -0.508 e. The van der Waals surface area contributed by atoms with Crippen LogP contribution >= 0.6 is 11.3 Å². The van der Waals surface area contributed by atoms with Gasteiger partial charge in [0.15, 0.2) is 5.78 Å². The number of phenolic OH excluding ortho intramolecular Hbond substituents is 1. The van der Waals surface area contributed by atoms with Gasteiger partial charge in [0.2, 0.25) is 11.8 Å². The lowest BCUT2D eigenvalue weighted by atomic mass is 9.82. The number of phenols is 1. The van der Waals surface area contributed by atoms with Crippen LogP contribution in [0.15, 0.2) is 29.6 Å². The van der Waals surface area contributed by atoms with Gasteiger partial charge in [-0.2, -0.15) is 0 Å². The Kier molecular flexibility index (Phi) is 21.7. The minimum absolute atomic E-state index is 0.0129. The molecule has 0 bridgehead atoms. The number of carbonyl (C=O) groups excluding carboxylic acids is 5. The smallest absolute Gasteiger partial charge is 0.325 e. The number of ether oxygens (including phenoxy) is 2. The van der Waals surface area contributed by atoms with E-state index in [1.807, 2.05) is 25.8 Å². The summed E-state index contributed by atoms with van der Waals surface area (Å²) in [5, 5.41) is 18.1. The van der Waals surface area contributed by atoms with E-state index in [1.54, 1.807) is 36.6 Å². The van der Waals surface area contributed by atoms with E-state index in [9.17, 15) is 29.1 Å². The highest BCUT2D eigenvalue weighted by Crippen LogP contribution is 2.32. The van der Waals surface area contributed by atoms with Crippen molar-refractivity contribution in [1.29, 1.82) is 0 Å².